The van der Waals surface area contributed by atoms with Crippen molar-refractivity contribution in [3.05, 3.63) is 48.0 Å². The molecule has 0 bridgehead atoms. The van der Waals surface area contributed by atoms with Crippen molar-refractivity contribution in [1.82, 2.24) is 5.32 Å². The summed E-state index contributed by atoms with van der Waals surface area (Å²) in [6, 6.07) is 12.0. The number of hydrogen-bond donors (Lipinski definition) is 3. The Morgan fingerprint density at radius 3 is 2.18 bits per heavy atom. The molecule has 3 amide bonds. The van der Waals surface area contributed by atoms with E-state index in [-0.39, 0.29) is 12.5 Å². The van der Waals surface area contributed by atoms with Gasteiger partial charge in [0.1, 0.15) is 0 Å². The van der Waals surface area contributed by atoms with Crippen LogP contribution in [0.1, 0.15) is 12.5 Å². The van der Waals surface area contributed by atoms with Gasteiger partial charge >= 0.3 is 11.8 Å². The number of hydrogen-bond acceptors (Lipinski definition) is 5. The van der Waals surface area contributed by atoms with Gasteiger partial charge in [-0.2, -0.15) is 0 Å². The van der Waals surface area contributed by atoms with Crippen molar-refractivity contribution >= 4 is 29.1 Å². The fourth-order valence-electron chi connectivity index (χ4n) is 2.50. The first-order valence-electron chi connectivity index (χ1n) is 8.60. The maximum Gasteiger partial charge on any atom is 0.313 e. The molecule has 0 aliphatic carbocycles. The van der Waals surface area contributed by atoms with Crippen molar-refractivity contribution in [2.24, 2.45) is 0 Å². The van der Waals surface area contributed by atoms with Gasteiger partial charge in [0.25, 0.3) is 0 Å². The molecular formula is C20H23N3O5. The largest absolute Gasteiger partial charge is 0.493 e. The van der Waals surface area contributed by atoms with Gasteiger partial charge in [-0.15, -0.1) is 0 Å². The molecule has 0 heterocycles. The highest BCUT2D eigenvalue weighted by Crippen LogP contribution is 2.27. The van der Waals surface area contributed by atoms with Crippen LogP contribution in [0.25, 0.3) is 0 Å². The normalized spacial score (nSPS) is 9.96. The molecule has 2 rings (SSSR count). The van der Waals surface area contributed by atoms with Gasteiger partial charge in [0.2, 0.25) is 5.91 Å². The summed E-state index contributed by atoms with van der Waals surface area (Å²) >= 11 is 0. The average Bonchev–Trinajstić information content (AvgIpc) is 2.67. The van der Waals surface area contributed by atoms with Crippen molar-refractivity contribution in [1.29, 1.82) is 0 Å². The van der Waals surface area contributed by atoms with Gasteiger partial charge in [-0.05, 0) is 42.3 Å². The van der Waals surface area contributed by atoms with Crippen LogP contribution in [0, 0.1) is 0 Å². The van der Waals surface area contributed by atoms with Crippen molar-refractivity contribution in [3.63, 3.8) is 0 Å². The maximum atomic E-state index is 12.0. The number of methoxy groups -OCH3 is 2. The molecule has 0 aliphatic heterocycles. The summed E-state index contributed by atoms with van der Waals surface area (Å²) < 4.78 is 10.4. The highest BCUT2D eigenvalue weighted by atomic mass is 16.5. The SMILES string of the molecule is COc1ccc(CCNC(=O)C(=O)Nc2cccc(NC(C)=O)c2)cc1OC. The second kappa shape index (κ2) is 9.96. The Balaban J connectivity index is 1.86. The molecule has 2 aromatic rings. The molecule has 148 valence electrons. The monoisotopic (exact) mass is 385 g/mol. The van der Waals surface area contributed by atoms with Gasteiger partial charge in [0, 0.05) is 24.8 Å². The van der Waals surface area contributed by atoms with Gasteiger partial charge in [-0.25, -0.2) is 0 Å². The summed E-state index contributed by atoms with van der Waals surface area (Å²) in [4.78, 5) is 35.1. The van der Waals surface area contributed by atoms with Gasteiger partial charge in [-0.1, -0.05) is 12.1 Å². The van der Waals surface area contributed by atoms with Crippen LogP contribution in [0.2, 0.25) is 0 Å². The number of rotatable bonds is 7. The van der Waals surface area contributed by atoms with E-state index in [4.69, 9.17) is 9.47 Å². The molecule has 0 spiro atoms. The summed E-state index contributed by atoms with van der Waals surface area (Å²) in [7, 11) is 3.11. The smallest absolute Gasteiger partial charge is 0.313 e. The van der Waals surface area contributed by atoms with Crippen LogP contribution in [-0.4, -0.2) is 38.5 Å². The average molecular weight is 385 g/mol. The molecule has 2 aromatic carbocycles. The van der Waals surface area contributed by atoms with E-state index in [0.29, 0.717) is 29.3 Å². The number of amides is 3. The molecule has 0 aliphatic rings. The van der Waals surface area contributed by atoms with Crippen LogP contribution in [-0.2, 0) is 20.8 Å². The van der Waals surface area contributed by atoms with Crippen LogP contribution in [0.3, 0.4) is 0 Å². The first-order chi connectivity index (χ1) is 13.4. The molecule has 8 nitrogen and oxygen atoms in total. The Kier molecular flexibility index (Phi) is 7.38. The molecule has 8 heteroatoms. The zero-order chi connectivity index (χ0) is 20.5. The van der Waals surface area contributed by atoms with Gasteiger partial charge in [-0.3, -0.25) is 14.4 Å². The fraction of sp³-hybridized carbons (Fsp3) is 0.250. The van der Waals surface area contributed by atoms with Crippen LogP contribution in [0.4, 0.5) is 11.4 Å². The second-order valence-corrected chi connectivity index (χ2v) is 5.91. The highest BCUT2D eigenvalue weighted by molar-refractivity contribution is 6.39. The summed E-state index contributed by atoms with van der Waals surface area (Å²) in [5.74, 6) is -0.534. The van der Waals surface area contributed by atoms with Crippen molar-refractivity contribution in [3.8, 4) is 11.5 Å². The molecule has 0 aromatic heterocycles. The minimum absolute atomic E-state index is 0.226. The van der Waals surface area contributed by atoms with Crippen molar-refractivity contribution in [2.45, 2.75) is 13.3 Å². The summed E-state index contributed by atoms with van der Waals surface area (Å²) in [6.07, 6.45) is 0.525. The number of ether oxygens (including phenoxy) is 2. The Morgan fingerprint density at radius 1 is 0.857 bits per heavy atom. The van der Waals surface area contributed by atoms with Gasteiger partial charge < -0.3 is 25.4 Å². The molecule has 0 saturated heterocycles. The molecule has 0 radical (unpaired) electrons. The highest BCUT2D eigenvalue weighted by Gasteiger charge is 2.13. The van der Waals surface area contributed by atoms with E-state index in [1.807, 2.05) is 12.1 Å². The molecule has 28 heavy (non-hydrogen) atoms. The fourth-order valence-corrected chi connectivity index (χ4v) is 2.50. The van der Waals surface area contributed by atoms with Gasteiger partial charge in [0.05, 0.1) is 14.2 Å². The van der Waals surface area contributed by atoms with E-state index in [1.165, 1.54) is 6.92 Å². The lowest BCUT2D eigenvalue weighted by Crippen LogP contribution is -2.36. The minimum Gasteiger partial charge on any atom is -0.493 e. The van der Waals surface area contributed by atoms with E-state index < -0.39 is 11.8 Å². The Labute approximate surface area is 163 Å². The standard InChI is InChI=1S/C20H23N3O5/c1-13(24)22-15-5-4-6-16(12-15)23-20(26)19(25)21-10-9-14-7-8-17(27-2)18(11-14)28-3/h4-8,11-12H,9-10H2,1-3H3,(H,21,25)(H,22,24)(H,23,26). The number of carbonyl (C=O) groups excluding carboxylic acids is 3. The summed E-state index contributed by atoms with van der Waals surface area (Å²) in [5, 5.41) is 7.68. The van der Waals surface area contributed by atoms with Crippen LogP contribution < -0.4 is 25.4 Å². The quantitative estimate of drug-likeness (QED) is 0.632. The van der Waals surface area contributed by atoms with E-state index in [1.54, 1.807) is 44.6 Å². The predicted octanol–water partition coefficient (Wildman–Crippen LogP) is 1.96. The first kappa shape index (κ1) is 20.8. The third-order valence-electron chi connectivity index (χ3n) is 3.79. The second-order valence-electron chi connectivity index (χ2n) is 5.91. The molecule has 0 atom stereocenters. The lowest BCUT2D eigenvalue weighted by molar-refractivity contribution is -0.136. The van der Waals surface area contributed by atoms with Crippen LogP contribution in [0.15, 0.2) is 42.5 Å². The third kappa shape index (κ3) is 6.01. The summed E-state index contributed by atoms with van der Waals surface area (Å²) in [6.45, 7) is 1.67. The van der Waals surface area contributed by atoms with E-state index >= 15 is 0 Å². The minimum atomic E-state index is -0.785. The lowest BCUT2D eigenvalue weighted by atomic mass is 10.1. The topological polar surface area (TPSA) is 106 Å². The van der Waals surface area contributed by atoms with E-state index in [0.717, 1.165) is 5.56 Å². The third-order valence-corrected chi connectivity index (χ3v) is 3.79. The van der Waals surface area contributed by atoms with E-state index in [9.17, 15) is 14.4 Å². The molecule has 0 fully saturated rings. The number of nitrogens with one attached hydrogen (secondary N) is 3. The molecular weight excluding hydrogens is 362 g/mol. The maximum absolute atomic E-state index is 12.0. The van der Waals surface area contributed by atoms with E-state index in [2.05, 4.69) is 16.0 Å². The Bertz CT molecular complexity index is 867. The van der Waals surface area contributed by atoms with Crippen LogP contribution in [0.5, 0.6) is 11.5 Å². The Hall–Kier alpha value is -3.55. The molecule has 3 N–H and O–H groups in total. The number of carbonyl (C=O) groups is 3. The van der Waals surface area contributed by atoms with Crippen molar-refractivity contribution < 1.29 is 23.9 Å². The van der Waals surface area contributed by atoms with Gasteiger partial charge in [0.15, 0.2) is 11.5 Å². The zero-order valence-electron chi connectivity index (χ0n) is 16.0. The predicted molar refractivity (Wildman–Crippen MR) is 106 cm³/mol. The number of benzene rings is 2. The Morgan fingerprint density at radius 2 is 1.54 bits per heavy atom. The lowest BCUT2D eigenvalue weighted by Gasteiger charge is -2.10. The summed E-state index contributed by atoms with van der Waals surface area (Å²) in [5.41, 5.74) is 1.87. The zero-order valence-corrected chi connectivity index (χ0v) is 16.0. The number of anilines is 2. The van der Waals surface area contributed by atoms with Crippen molar-refractivity contribution in [2.75, 3.05) is 31.4 Å². The molecule has 0 saturated carbocycles. The van der Waals surface area contributed by atoms with Crippen LogP contribution >= 0.6 is 0 Å². The first-order valence-corrected chi connectivity index (χ1v) is 8.60. The molecule has 0 unspecified atom stereocenters.